The highest BCUT2D eigenvalue weighted by Gasteiger charge is 2.10. The molecule has 0 fully saturated rings. The molecule has 4 rings (SSSR count). The van der Waals surface area contributed by atoms with E-state index in [9.17, 15) is 0 Å². The van der Waals surface area contributed by atoms with Gasteiger partial charge in [0.25, 0.3) is 0 Å². The number of nitrogens with one attached hydrogen (secondary N) is 3. The maximum absolute atomic E-state index is 4.09. The average Bonchev–Trinajstić information content (AvgIpc) is 3.29. The molecule has 3 N–H and O–H groups in total. The maximum atomic E-state index is 4.09. The van der Waals surface area contributed by atoms with E-state index in [-0.39, 0.29) is 10.5 Å². The van der Waals surface area contributed by atoms with Crippen molar-refractivity contribution in [2.45, 2.75) is 5.75 Å². The van der Waals surface area contributed by atoms with Gasteiger partial charge in [0.1, 0.15) is 0 Å². The number of hydrogen-bond acceptors (Lipinski definition) is 5. The Bertz CT molecular complexity index is 826. The topological polar surface area (TPSA) is 78.5 Å². The number of aromatic nitrogens is 4. The molecule has 23 heavy (non-hydrogen) atoms. The van der Waals surface area contributed by atoms with Gasteiger partial charge in [-0.3, -0.25) is 0 Å². The lowest BCUT2D eigenvalue weighted by Crippen LogP contribution is -2.22. The van der Waals surface area contributed by atoms with E-state index >= 15 is 0 Å². The van der Waals surface area contributed by atoms with E-state index in [0.29, 0.717) is 5.82 Å². The summed E-state index contributed by atoms with van der Waals surface area (Å²) in [7, 11) is 0.262. The van der Waals surface area contributed by atoms with Crippen molar-refractivity contribution >= 4 is 16.0 Å². The monoisotopic (exact) mass is 324 g/mol. The molecule has 1 aliphatic rings. The van der Waals surface area contributed by atoms with E-state index in [0.717, 1.165) is 28.3 Å². The first kappa shape index (κ1) is 14.3. The molecule has 7 heteroatoms. The summed E-state index contributed by atoms with van der Waals surface area (Å²) in [6.07, 6.45) is 0. The lowest BCUT2D eigenvalue weighted by Gasteiger charge is -2.08. The largest absolute Gasteiger partial charge is 0.244 e. The quantitative estimate of drug-likeness (QED) is 0.641. The number of nitrogens with zero attached hydrogens (tertiary/aromatic N) is 3. The van der Waals surface area contributed by atoms with Crippen LogP contribution in [0.5, 0.6) is 0 Å². The molecule has 0 aliphatic carbocycles. The van der Waals surface area contributed by atoms with E-state index in [2.05, 4.69) is 67.3 Å². The van der Waals surface area contributed by atoms with Gasteiger partial charge in [0.15, 0.2) is 0 Å². The van der Waals surface area contributed by atoms with Gasteiger partial charge in [-0.1, -0.05) is 48.5 Å². The van der Waals surface area contributed by atoms with Crippen LogP contribution in [0.15, 0.2) is 48.5 Å². The zero-order valence-electron chi connectivity index (χ0n) is 12.4. The van der Waals surface area contributed by atoms with Crippen molar-refractivity contribution in [3.05, 3.63) is 54.1 Å². The van der Waals surface area contributed by atoms with Gasteiger partial charge in [-0.05, 0) is 21.9 Å². The second-order valence-corrected chi connectivity index (χ2v) is 7.13. The zero-order valence-corrected chi connectivity index (χ0v) is 13.2. The van der Waals surface area contributed by atoms with Crippen LogP contribution in [0.25, 0.3) is 22.5 Å². The molecule has 0 spiro atoms. The third-order valence-electron chi connectivity index (χ3n) is 3.72. The maximum Gasteiger partial charge on any atom is 0.205 e. The van der Waals surface area contributed by atoms with Crippen molar-refractivity contribution in [2.24, 2.45) is 0 Å². The number of hydrogen-bond donors (Lipinski definition) is 3. The molecule has 2 aromatic carbocycles. The van der Waals surface area contributed by atoms with Crippen LogP contribution in [0.1, 0.15) is 5.56 Å². The van der Waals surface area contributed by atoms with Gasteiger partial charge in [0.05, 0.1) is 5.88 Å². The Morgan fingerprint density at radius 2 is 1.83 bits per heavy atom. The predicted octanol–water partition coefficient (Wildman–Crippen LogP) is 2.13. The second kappa shape index (κ2) is 6.41. The van der Waals surface area contributed by atoms with Gasteiger partial charge < -0.3 is 0 Å². The highest BCUT2D eigenvalue weighted by molar-refractivity contribution is 8.14. The summed E-state index contributed by atoms with van der Waals surface area (Å²) >= 11 is 0. The SMILES string of the molecule is C1=S(Cc2ccc(-c3ccccc3-c3nn[nH]n3)cc2)CNN1. The standard InChI is InChI=1S/C16H16N6S/c1-2-4-15(16-19-21-22-20-16)14(3-1)13-7-5-12(6-8-13)9-23-10-17-18-11-23/h1-8,10,17-18H,9,11H2,(H,19,20,21,22). The smallest absolute Gasteiger partial charge is 0.205 e. The highest BCUT2D eigenvalue weighted by Crippen LogP contribution is 2.30. The van der Waals surface area contributed by atoms with Crippen LogP contribution in [0.4, 0.5) is 0 Å². The number of H-pyrrole nitrogens is 1. The van der Waals surface area contributed by atoms with Crippen LogP contribution in [-0.4, -0.2) is 32.0 Å². The van der Waals surface area contributed by atoms with Crippen LogP contribution < -0.4 is 10.9 Å². The molecule has 0 saturated carbocycles. The molecular formula is C16H16N6S. The minimum absolute atomic E-state index is 0.262. The fourth-order valence-corrected chi connectivity index (χ4v) is 4.00. The lowest BCUT2D eigenvalue weighted by atomic mass is 9.98. The van der Waals surface area contributed by atoms with E-state index in [1.165, 1.54) is 5.56 Å². The lowest BCUT2D eigenvalue weighted by molar-refractivity contribution is 0.779. The molecule has 116 valence electrons. The summed E-state index contributed by atoms with van der Waals surface area (Å²) in [5, 5.41) is 14.4. The van der Waals surface area contributed by atoms with E-state index in [1.807, 2.05) is 18.2 Å². The third kappa shape index (κ3) is 3.07. The molecule has 1 aromatic heterocycles. The van der Waals surface area contributed by atoms with Gasteiger partial charge in [0, 0.05) is 16.8 Å². The van der Waals surface area contributed by atoms with Gasteiger partial charge in [0.2, 0.25) is 5.82 Å². The molecule has 0 amide bonds. The molecule has 1 aliphatic heterocycles. The molecule has 0 saturated heterocycles. The number of aromatic amines is 1. The van der Waals surface area contributed by atoms with Crippen LogP contribution >= 0.6 is 10.5 Å². The summed E-state index contributed by atoms with van der Waals surface area (Å²) in [6.45, 7) is 0. The third-order valence-corrected chi connectivity index (χ3v) is 5.39. The summed E-state index contributed by atoms with van der Waals surface area (Å²) in [5.41, 5.74) is 12.9. The van der Waals surface area contributed by atoms with Gasteiger partial charge in [-0.25, -0.2) is 10.9 Å². The van der Waals surface area contributed by atoms with Crippen LogP contribution in [0, 0.1) is 0 Å². The Kier molecular flexibility index (Phi) is 3.97. The zero-order chi connectivity index (χ0) is 15.5. The van der Waals surface area contributed by atoms with Gasteiger partial charge in [-0.2, -0.15) is 15.7 Å². The van der Waals surface area contributed by atoms with Crippen molar-refractivity contribution in [1.82, 2.24) is 31.5 Å². The minimum atomic E-state index is 0.262. The Balaban J connectivity index is 1.64. The summed E-state index contributed by atoms with van der Waals surface area (Å²) < 4.78 is 0. The molecule has 3 aromatic rings. The Labute approximate surface area is 136 Å². The number of tetrazole rings is 1. The Morgan fingerprint density at radius 1 is 1.00 bits per heavy atom. The first-order valence-corrected chi connectivity index (χ1v) is 8.93. The first-order valence-electron chi connectivity index (χ1n) is 7.30. The van der Waals surface area contributed by atoms with Gasteiger partial charge in [-0.15, -0.1) is 10.2 Å². The summed E-state index contributed by atoms with van der Waals surface area (Å²) in [4.78, 5) is 0. The van der Waals surface area contributed by atoms with Crippen molar-refractivity contribution in [2.75, 3.05) is 5.88 Å². The molecule has 1 atom stereocenters. The van der Waals surface area contributed by atoms with Gasteiger partial charge >= 0.3 is 0 Å². The highest BCUT2D eigenvalue weighted by atomic mass is 32.2. The number of benzene rings is 2. The first-order chi connectivity index (χ1) is 11.4. The molecule has 0 bridgehead atoms. The Hall–Kier alpha value is -2.35. The van der Waals surface area contributed by atoms with Crippen molar-refractivity contribution in [1.29, 1.82) is 0 Å². The molecule has 0 radical (unpaired) electrons. The Morgan fingerprint density at radius 3 is 2.52 bits per heavy atom. The average molecular weight is 324 g/mol. The van der Waals surface area contributed by atoms with E-state index < -0.39 is 0 Å². The normalized spacial score (nSPS) is 17.1. The minimum Gasteiger partial charge on any atom is -0.244 e. The number of hydrazine groups is 1. The fraction of sp³-hybridized carbons (Fsp3) is 0.125. The van der Waals surface area contributed by atoms with E-state index in [1.54, 1.807) is 0 Å². The van der Waals surface area contributed by atoms with Crippen molar-refractivity contribution in [3.8, 4) is 22.5 Å². The second-order valence-electron chi connectivity index (χ2n) is 5.24. The number of rotatable bonds is 4. The van der Waals surface area contributed by atoms with Crippen LogP contribution in [-0.2, 0) is 5.75 Å². The molecular weight excluding hydrogens is 308 g/mol. The molecule has 1 unspecified atom stereocenters. The van der Waals surface area contributed by atoms with E-state index in [4.69, 9.17) is 0 Å². The van der Waals surface area contributed by atoms with Crippen LogP contribution in [0.3, 0.4) is 0 Å². The fourth-order valence-electron chi connectivity index (χ4n) is 2.59. The van der Waals surface area contributed by atoms with Crippen molar-refractivity contribution in [3.63, 3.8) is 0 Å². The van der Waals surface area contributed by atoms with Crippen LogP contribution in [0.2, 0.25) is 0 Å². The molecule has 6 nitrogen and oxygen atoms in total. The van der Waals surface area contributed by atoms with Crippen molar-refractivity contribution < 1.29 is 0 Å². The predicted molar refractivity (Wildman–Crippen MR) is 93.5 cm³/mol. The molecule has 2 heterocycles. The summed E-state index contributed by atoms with van der Waals surface area (Å²) in [6, 6.07) is 16.8. The summed E-state index contributed by atoms with van der Waals surface area (Å²) in [5.74, 6) is 2.68.